The zero-order chi connectivity index (χ0) is 12.7. The summed E-state index contributed by atoms with van der Waals surface area (Å²) in [6.45, 7) is 4.25. The molecule has 1 fully saturated rings. The van der Waals surface area contributed by atoms with Crippen molar-refractivity contribution in [2.45, 2.75) is 32.6 Å². The molecule has 1 aliphatic rings. The van der Waals surface area contributed by atoms with E-state index in [0.717, 1.165) is 16.1 Å². The van der Waals surface area contributed by atoms with E-state index in [4.69, 9.17) is 4.98 Å². The van der Waals surface area contributed by atoms with Crippen LogP contribution in [-0.2, 0) is 0 Å². The molecule has 0 unspecified atom stereocenters. The lowest BCUT2D eigenvalue weighted by Crippen LogP contribution is -1.97. The molecule has 1 aromatic heterocycles. The molecular formula is C15H15BrN2. The first kappa shape index (κ1) is 11.8. The largest absolute Gasteiger partial charge is 0.233 e. The molecule has 2 nitrogen and oxygen atoms in total. The van der Waals surface area contributed by atoms with E-state index in [0.29, 0.717) is 5.92 Å². The number of hydrogen-bond donors (Lipinski definition) is 0. The quantitative estimate of drug-likeness (QED) is 0.768. The van der Waals surface area contributed by atoms with Gasteiger partial charge in [-0.05, 0) is 54.2 Å². The van der Waals surface area contributed by atoms with Crippen LogP contribution in [0.3, 0.4) is 0 Å². The minimum atomic E-state index is 0.576. The fourth-order valence-corrected chi connectivity index (χ4v) is 2.60. The van der Waals surface area contributed by atoms with Crippen LogP contribution in [0.4, 0.5) is 0 Å². The zero-order valence-electron chi connectivity index (χ0n) is 10.6. The molecular weight excluding hydrogens is 288 g/mol. The van der Waals surface area contributed by atoms with Crippen LogP contribution < -0.4 is 0 Å². The molecule has 1 heterocycles. The second-order valence-corrected chi connectivity index (χ2v) is 5.84. The molecule has 0 radical (unpaired) electrons. The molecule has 3 rings (SSSR count). The Morgan fingerprint density at radius 1 is 1.11 bits per heavy atom. The van der Waals surface area contributed by atoms with E-state index in [1.54, 1.807) is 0 Å². The molecule has 3 heteroatoms. The average Bonchev–Trinajstić information content (AvgIpc) is 3.11. The second-order valence-electron chi connectivity index (χ2n) is 5.03. The normalized spacial score (nSPS) is 14.8. The Morgan fingerprint density at radius 2 is 1.89 bits per heavy atom. The zero-order valence-corrected chi connectivity index (χ0v) is 12.2. The van der Waals surface area contributed by atoms with Gasteiger partial charge in [0.15, 0.2) is 0 Å². The Labute approximate surface area is 116 Å². The number of aryl methyl sites for hydroxylation is 2. The van der Waals surface area contributed by atoms with Crippen molar-refractivity contribution in [2.75, 3.05) is 0 Å². The monoisotopic (exact) mass is 302 g/mol. The Hall–Kier alpha value is -1.22. The highest BCUT2D eigenvalue weighted by Crippen LogP contribution is 2.39. The summed E-state index contributed by atoms with van der Waals surface area (Å²) >= 11 is 3.49. The molecule has 18 heavy (non-hydrogen) atoms. The van der Waals surface area contributed by atoms with Gasteiger partial charge in [0, 0.05) is 11.5 Å². The molecule has 2 aromatic rings. The molecule has 1 saturated carbocycles. The Morgan fingerprint density at radius 3 is 2.56 bits per heavy atom. The fraction of sp³-hybridized carbons (Fsp3) is 0.333. The number of hydrogen-bond acceptors (Lipinski definition) is 2. The van der Waals surface area contributed by atoms with Crippen LogP contribution >= 0.6 is 15.9 Å². The second kappa shape index (κ2) is 4.47. The summed E-state index contributed by atoms with van der Waals surface area (Å²) in [5.41, 5.74) is 4.77. The maximum absolute atomic E-state index is 4.72. The summed E-state index contributed by atoms with van der Waals surface area (Å²) in [4.78, 5) is 9.19. The topological polar surface area (TPSA) is 25.8 Å². The summed E-state index contributed by atoms with van der Waals surface area (Å²) in [5, 5.41) is 0. The van der Waals surface area contributed by atoms with Gasteiger partial charge in [-0.15, -0.1) is 0 Å². The highest BCUT2D eigenvalue weighted by Gasteiger charge is 2.27. The molecule has 0 amide bonds. The van der Waals surface area contributed by atoms with Crippen LogP contribution in [0.25, 0.3) is 11.3 Å². The van der Waals surface area contributed by atoms with E-state index in [-0.39, 0.29) is 0 Å². The molecule has 92 valence electrons. The first-order valence-corrected chi connectivity index (χ1v) is 7.05. The Bertz CT molecular complexity index is 603. The molecule has 0 spiro atoms. The smallest absolute Gasteiger partial charge is 0.133 e. The molecule has 1 aromatic carbocycles. The minimum Gasteiger partial charge on any atom is -0.233 e. The maximum atomic E-state index is 4.72. The van der Waals surface area contributed by atoms with Crippen molar-refractivity contribution in [3.63, 3.8) is 0 Å². The van der Waals surface area contributed by atoms with Gasteiger partial charge in [0.1, 0.15) is 10.4 Å². The average molecular weight is 303 g/mol. The predicted octanol–water partition coefficient (Wildman–Crippen LogP) is 4.40. The predicted molar refractivity (Wildman–Crippen MR) is 76.6 cm³/mol. The van der Waals surface area contributed by atoms with Gasteiger partial charge < -0.3 is 0 Å². The highest BCUT2D eigenvalue weighted by molar-refractivity contribution is 9.10. The first-order valence-electron chi connectivity index (χ1n) is 6.25. The molecule has 0 saturated heterocycles. The minimum absolute atomic E-state index is 0.576. The third kappa shape index (κ3) is 2.32. The molecule has 0 bridgehead atoms. The van der Waals surface area contributed by atoms with Gasteiger partial charge in [0.2, 0.25) is 0 Å². The van der Waals surface area contributed by atoms with Gasteiger partial charge in [0.25, 0.3) is 0 Å². The number of rotatable bonds is 2. The lowest BCUT2D eigenvalue weighted by Gasteiger charge is -2.08. The van der Waals surface area contributed by atoms with Gasteiger partial charge in [-0.25, -0.2) is 9.97 Å². The van der Waals surface area contributed by atoms with Crippen LogP contribution in [0.2, 0.25) is 0 Å². The van der Waals surface area contributed by atoms with E-state index in [1.807, 2.05) is 6.07 Å². The Balaban J connectivity index is 2.10. The van der Waals surface area contributed by atoms with E-state index < -0.39 is 0 Å². The van der Waals surface area contributed by atoms with Crippen LogP contribution in [0.15, 0.2) is 28.9 Å². The van der Waals surface area contributed by atoms with E-state index in [2.05, 4.69) is 53.0 Å². The molecule has 0 atom stereocenters. The third-order valence-electron chi connectivity index (χ3n) is 3.31. The van der Waals surface area contributed by atoms with Crippen molar-refractivity contribution < 1.29 is 0 Å². The van der Waals surface area contributed by atoms with Crippen molar-refractivity contribution in [2.24, 2.45) is 0 Å². The summed E-state index contributed by atoms with van der Waals surface area (Å²) in [7, 11) is 0. The standard InChI is InChI=1S/C15H15BrN2/c1-9-3-6-12(10(2)7-9)13-8-14(16)18-15(17-13)11-4-5-11/h3,6-8,11H,4-5H2,1-2H3. The summed E-state index contributed by atoms with van der Waals surface area (Å²) in [5.74, 6) is 1.56. The van der Waals surface area contributed by atoms with Crippen LogP contribution in [0, 0.1) is 13.8 Å². The van der Waals surface area contributed by atoms with Gasteiger partial charge in [0.05, 0.1) is 5.69 Å². The van der Waals surface area contributed by atoms with Crippen molar-refractivity contribution >= 4 is 15.9 Å². The van der Waals surface area contributed by atoms with Gasteiger partial charge in [-0.2, -0.15) is 0 Å². The molecule has 0 aliphatic heterocycles. The SMILES string of the molecule is Cc1ccc(-c2cc(Br)nc(C3CC3)n2)c(C)c1. The fourth-order valence-electron chi connectivity index (χ4n) is 2.20. The van der Waals surface area contributed by atoms with E-state index >= 15 is 0 Å². The van der Waals surface area contributed by atoms with Crippen molar-refractivity contribution in [3.05, 3.63) is 45.8 Å². The number of aromatic nitrogens is 2. The first-order chi connectivity index (χ1) is 8.63. The van der Waals surface area contributed by atoms with Gasteiger partial charge in [-0.1, -0.05) is 23.8 Å². The van der Waals surface area contributed by atoms with E-state index in [1.165, 1.54) is 29.5 Å². The Kier molecular flexibility index (Phi) is 2.94. The van der Waals surface area contributed by atoms with Crippen LogP contribution in [-0.4, -0.2) is 9.97 Å². The lowest BCUT2D eigenvalue weighted by atomic mass is 10.0. The number of benzene rings is 1. The van der Waals surface area contributed by atoms with Crippen molar-refractivity contribution in [1.82, 2.24) is 9.97 Å². The number of halogens is 1. The summed E-state index contributed by atoms with van der Waals surface area (Å²) < 4.78 is 0.884. The summed E-state index contributed by atoms with van der Waals surface area (Å²) in [6.07, 6.45) is 2.45. The van der Waals surface area contributed by atoms with Crippen molar-refractivity contribution in [3.8, 4) is 11.3 Å². The molecule has 0 N–H and O–H groups in total. The number of nitrogens with zero attached hydrogens (tertiary/aromatic N) is 2. The summed E-state index contributed by atoms with van der Waals surface area (Å²) in [6, 6.07) is 8.48. The third-order valence-corrected chi connectivity index (χ3v) is 3.72. The van der Waals surface area contributed by atoms with Crippen molar-refractivity contribution in [1.29, 1.82) is 0 Å². The lowest BCUT2D eigenvalue weighted by molar-refractivity contribution is 0.919. The highest BCUT2D eigenvalue weighted by atomic mass is 79.9. The van der Waals surface area contributed by atoms with Crippen LogP contribution in [0.1, 0.15) is 35.7 Å². The molecule has 1 aliphatic carbocycles. The van der Waals surface area contributed by atoms with Crippen LogP contribution in [0.5, 0.6) is 0 Å². The maximum Gasteiger partial charge on any atom is 0.133 e. The van der Waals surface area contributed by atoms with E-state index in [9.17, 15) is 0 Å². The van der Waals surface area contributed by atoms with Gasteiger partial charge in [-0.3, -0.25) is 0 Å². The van der Waals surface area contributed by atoms with Gasteiger partial charge >= 0.3 is 0 Å².